The molecule has 1 atom stereocenters. The first kappa shape index (κ1) is 25.8. The Bertz CT molecular complexity index is 1450. The van der Waals surface area contributed by atoms with Crippen molar-refractivity contribution in [3.05, 3.63) is 100 Å². The summed E-state index contributed by atoms with van der Waals surface area (Å²) in [4.78, 5) is 40.8. The number of rotatable bonds is 8. The van der Waals surface area contributed by atoms with Crippen molar-refractivity contribution in [3.8, 4) is 0 Å². The fraction of sp³-hybridized carbons (Fsp3) is 0.207. The summed E-state index contributed by atoms with van der Waals surface area (Å²) in [5.74, 6) is -0.810. The van der Waals surface area contributed by atoms with E-state index in [4.69, 9.17) is 9.15 Å². The second-order valence-electron chi connectivity index (χ2n) is 8.76. The van der Waals surface area contributed by atoms with E-state index < -0.39 is 11.2 Å². The molecule has 5 rings (SSSR count). The molecule has 0 aliphatic heterocycles. The monoisotopic (exact) mass is 546 g/mol. The van der Waals surface area contributed by atoms with Crippen molar-refractivity contribution in [2.75, 3.05) is 17.7 Å². The normalized spacial score (nSPS) is 13.3. The maximum Gasteiger partial charge on any atom is 0.341 e. The summed E-state index contributed by atoms with van der Waals surface area (Å²) in [5, 5.41) is 5.80. The van der Waals surface area contributed by atoms with Crippen LogP contribution in [0.25, 0.3) is 0 Å². The van der Waals surface area contributed by atoms with Crippen molar-refractivity contribution in [2.45, 2.75) is 35.8 Å². The van der Waals surface area contributed by atoms with Gasteiger partial charge in [-0.25, -0.2) is 4.79 Å². The molecule has 0 saturated heterocycles. The molecule has 0 radical (unpaired) electrons. The van der Waals surface area contributed by atoms with Crippen LogP contribution in [0.5, 0.6) is 0 Å². The number of anilines is 2. The van der Waals surface area contributed by atoms with E-state index in [-0.39, 0.29) is 17.6 Å². The van der Waals surface area contributed by atoms with E-state index in [2.05, 4.69) is 10.6 Å². The lowest BCUT2D eigenvalue weighted by molar-refractivity contribution is -0.115. The summed E-state index contributed by atoms with van der Waals surface area (Å²) < 4.78 is 10.2. The average Bonchev–Trinajstić information content (AvgIpc) is 3.60. The third-order valence-corrected chi connectivity index (χ3v) is 8.68. The number of methoxy groups -OCH3 is 1. The fourth-order valence-corrected chi connectivity index (χ4v) is 6.80. The molecule has 0 spiro atoms. The van der Waals surface area contributed by atoms with Crippen LogP contribution >= 0.6 is 23.1 Å². The van der Waals surface area contributed by atoms with Crippen molar-refractivity contribution in [1.29, 1.82) is 0 Å². The predicted molar refractivity (Wildman–Crippen MR) is 149 cm³/mol. The highest BCUT2D eigenvalue weighted by molar-refractivity contribution is 8.00. The number of thiophene rings is 1. The maximum absolute atomic E-state index is 13.8. The van der Waals surface area contributed by atoms with Crippen LogP contribution in [-0.4, -0.2) is 24.9 Å². The highest BCUT2D eigenvalue weighted by atomic mass is 32.2. The summed E-state index contributed by atoms with van der Waals surface area (Å²) in [6.45, 7) is 0. The number of carbonyl (C=O) groups excluding carboxylic acids is 3. The highest BCUT2D eigenvalue weighted by Crippen LogP contribution is 2.41. The van der Waals surface area contributed by atoms with E-state index in [1.54, 1.807) is 18.2 Å². The first-order valence-corrected chi connectivity index (χ1v) is 13.9. The molecule has 1 unspecified atom stereocenters. The van der Waals surface area contributed by atoms with E-state index >= 15 is 0 Å². The van der Waals surface area contributed by atoms with Gasteiger partial charge in [0.2, 0.25) is 5.91 Å². The lowest BCUT2D eigenvalue weighted by Crippen LogP contribution is -2.20. The quantitative estimate of drug-likeness (QED) is 0.188. The Balaban J connectivity index is 1.41. The first-order valence-electron chi connectivity index (χ1n) is 12.2. The molecule has 0 saturated carbocycles. The van der Waals surface area contributed by atoms with Gasteiger partial charge in [0, 0.05) is 15.5 Å². The number of thioether (sulfide) groups is 1. The Labute approximate surface area is 228 Å². The van der Waals surface area contributed by atoms with Crippen LogP contribution in [0.1, 0.15) is 55.0 Å². The van der Waals surface area contributed by atoms with Crippen LogP contribution in [0, 0.1) is 0 Å². The fourth-order valence-electron chi connectivity index (χ4n) is 4.43. The van der Waals surface area contributed by atoms with E-state index in [0.717, 1.165) is 46.6 Å². The topological polar surface area (TPSA) is 97.6 Å². The van der Waals surface area contributed by atoms with E-state index in [1.807, 2.05) is 48.5 Å². The van der Waals surface area contributed by atoms with Crippen LogP contribution in [0.15, 0.2) is 82.3 Å². The third-order valence-electron chi connectivity index (χ3n) is 6.23. The molecular formula is C29H26N2O5S2. The highest BCUT2D eigenvalue weighted by Gasteiger charge is 2.29. The second-order valence-corrected chi connectivity index (χ2v) is 11.0. The minimum atomic E-state index is -0.600. The number of hydrogen-bond acceptors (Lipinski definition) is 7. The zero-order valence-electron chi connectivity index (χ0n) is 20.7. The predicted octanol–water partition coefficient (Wildman–Crippen LogP) is 6.73. The number of ether oxygens (including phenoxy) is 1. The molecule has 194 valence electrons. The van der Waals surface area contributed by atoms with Crippen molar-refractivity contribution in [3.63, 3.8) is 0 Å². The zero-order chi connectivity index (χ0) is 26.5. The first-order chi connectivity index (χ1) is 18.5. The number of furan rings is 1. The van der Waals surface area contributed by atoms with Crippen molar-refractivity contribution in [1.82, 2.24) is 0 Å². The molecule has 4 aromatic rings. The Morgan fingerprint density at radius 3 is 2.55 bits per heavy atom. The van der Waals surface area contributed by atoms with Gasteiger partial charge in [0.1, 0.15) is 10.3 Å². The molecule has 7 nitrogen and oxygen atoms in total. The standard InChI is InChI=1S/C29H26N2O5S2/c1-35-29(34)24-21-13-5-6-15-23(21)38-28(24)31-27(33)25(18-9-3-2-4-10-18)37-20-12-7-11-19(17-20)30-26(32)22-14-8-16-36-22/h2-4,7-12,14,16-17,25H,5-6,13,15H2,1H3,(H,30,32)(H,31,33). The van der Waals surface area contributed by atoms with Gasteiger partial charge in [0.05, 0.1) is 18.9 Å². The summed E-state index contributed by atoms with van der Waals surface area (Å²) in [6, 6.07) is 20.0. The molecule has 0 fully saturated rings. The molecule has 9 heteroatoms. The van der Waals surface area contributed by atoms with Crippen LogP contribution in [-0.2, 0) is 22.4 Å². The van der Waals surface area contributed by atoms with Gasteiger partial charge in [-0.15, -0.1) is 23.1 Å². The molecule has 38 heavy (non-hydrogen) atoms. The van der Waals surface area contributed by atoms with E-state index in [1.165, 1.54) is 36.5 Å². The smallest absolute Gasteiger partial charge is 0.341 e. The summed E-state index contributed by atoms with van der Waals surface area (Å²) in [7, 11) is 1.36. The van der Waals surface area contributed by atoms with Crippen LogP contribution in [0.3, 0.4) is 0 Å². The summed E-state index contributed by atoms with van der Waals surface area (Å²) in [5.41, 5.74) is 2.87. The molecular weight excluding hydrogens is 520 g/mol. The van der Waals surface area contributed by atoms with Crippen LogP contribution < -0.4 is 10.6 Å². The number of fused-ring (bicyclic) bond motifs is 1. The van der Waals surface area contributed by atoms with Gasteiger partial charge < -0.3 is 19.8 Å². The average molecular weight is 547 g/mol. The van der Waals surface area contributed by atoms with E-state index in [9.17, 15) is 14.4 Å². The Hall–Kier alpha value is -3.82. The Morgan fingerprint density at radius 2 is 1.79 bits per heavy atom. The van der Waals surface area contributed by atoms with Crippen molar-refractivity contribution >= 4 is 51.6 Å². The van der Waals surface area contributed by atoms with Gasteiger partial charge in [-0.2, -0.15) is 0 Å². The number of hydrogen-bond donors (Lipinski definition) is 2. The van der Waals surface area contributed by atoms with Gasteiger partial charge in [-0.05, 0) is 67.1 Å². The minimum absolute atomic E-state index is 0.213. The Kier molecular flexibility index (Phi) is 7.95. The number of aryl methyl sites for hydroxylation is 1. The lowest BCUT2D eigenvalue weighted by atomic mass is 9.95. The van der Waals surface area contributed by atoms with Gasteiger partial charge in [0.15, 0.2) is 5.76 Å². The maximum atomic E-state index is 13.8. The molecule has 1 aliphatic carbocycles. The number of esters is 1. The SMILES string of the molecule is COC(=O)c1c(NC(=O)C(Sc2cccc(NC(=O)c3ccco3)c2)c2ccccc2)sc2c1CCCC2. The van der Waals surface area contributed by atoms with Gasteiger partial charge in [0.25, 0.3) is 5.91 Å². The van der Waals surface area contributed by atoms with Gasteiger partial charge in [-0.1, -0.05) is 36.4 Å². The molecule has 2 aromatic heterocycles. The molecule has 0 bridgehead atoms. The summed E-state index contributed by atoms with van der Waals surface area (Å²) in [6.07, 6.45) is 5.22. The Morgan fingerprint density at radius 1 is 0.974 bits per heavy atom. The number of benzene rings is 2. The van der Waals surface area contributed by atoms with Gasteiger partial charge >= 0.3 is 5.97 Å². The molecule has 2 amide bonds. The largest absolute Gasteiger partial charge is 0.465 e. The van der Waals surface area contributed by atoms with Crippen LogP contribution in [0.2, 0.25) is 0 Å². The van der Waals surface area contributed by atoms with Crippen molar-refractivity contribution < 1.29 is 23.5 Å². The molecule has 1 aliphatic rings. The van der Waals surface area contributed by atoms with Crippen molar-refractivity contribution in [2.24, 2.45) is 0 Å². The second kappa shape index (κ2) is 11.7. The number of nitrogens with one attached hydrogen (secondary N) is 2. The third kappa shape index (κ3) is 5.69. The summed E-state index contributed by atoms with van der Waals surface area (Å²) >= 11 is 2.83. The minimum Gasteiger partial charge on any atom is -0.465 e. The van der Waals surface area contributed by atoms with E-state index in [0.29, 0.717) is 16.3 Å². The van der Waals surface area contributed by atoms with Gasteiger partial charge in [-0.3, -0.25) is 9.59 Å². The molecule has 2 heterocycles. The number of amides is 2. The molecule has 2 N–H and O–H groups in total. The molecule has 2 aromatic carbocycles. The lowest BCUT2D eigenvalue weighted by Gasteiger charge is -2.18. The number of carbonyl (C=O) groups is 3. The zero-order valence-corrected chi connectivity index (χ0v) is 22.3. The van der Waals surface area contributed by atoms with Crippen LogP contribution in [0.4, 0.5) is 10.7 Å².